The maximum absolute atomic E-state index is 12.0. The lowest BCUT2D eigenvalue weighted by Gasteiger charge is -2.36. The SMILES string of the molecule is CS(=O)(=O)c1cc(N2CCC(CN3CCc4ccccc43)CC2)ccc1[N+](=O)[O-]. The topological polar surface area (TPSA) is 83.8 Å². The maximum atomic E-state index is 12.0. The first-order valence-corrected chi connectivity index (χ1v) is 11.8. The van der Waals surface area contributed by atoms with Crippen molar-refractivity contribution in [3.63, 3.8) is 0 Å². The Bertz CT molecular complexity index is 1030. The molecule has 1 saturated heterocycles. The van der Waals surface area contributed by atoms with Gasteiger partial charge in [-0.1, -0.05) is 18.2 Å². The summed E-state index contributed by atoms with van der Waals surface area (Å²) in [6, 6.07) is 13.0. The molecule has 0 amide bonds. The van der Waals surface area contributed by atoms with Crippen molar-refractivity contribution < 1.29 is 13.3 Å². The number of nitrogens with zero attached hydrogens (tertiary/aromatic N) is 3. The minimum absolute atomic E-state index is 0.212. The normalized spacial score (nSPS) is 17.4. The highest BCUT2D eigenvalue weighted by molar-refractivity contribution is 7.90. The first kappa shape index (κ1) is 19.7. The summed E-state index contributed by atoms with van der Waals surface area (Å²) >= 11 is 0. The summed E-state index contributed by atoms with van der Waals surface area (Å²) in [5, 5.41) is 11.2. The molecule has 0 spiro atoms. The molecular formula is C21H25N3O4S. The molecule has 0 bridgehead atoms. The quantitative estimate of drug-likeness (QED) is 0.550. The third-order valence-corrected chi connectivity index (χ3v) is 7.11. The Morgan fingerprint density at radius 3 is 2.52 bits per heavy atom. The summed E-state index contributed by atoms with van der Waals surface area (Å²) in [4.78, 5) is 14.9. The van der Waals surface area contributed by atoms with Gasteiger partial charge >= 0.3 is 0 Å². The van der Waals surface area contributed by atoms with Gasteiger partial charge < -0.3 is 9.80 Å². The monoisotopic (exact) mass is 415 g/mol. The van der Waals surface area contributed by atoms with E-state index < -0.39 is 14.8 Å². The predicted molar refractivity (Wildman–Crippen MR) is 114 cm³/mol. The minimum Gasteiger partial charge on any atom is -0.371 e. The molecule has 4 rings (SSSR count). The fourth-order valence-electron chi connectivity index (χ4n) is 4.43. The number of fused-ring (bicyclic) bond motifs is 1. The van der Waals surface area contributed by atoms with Crippen molar-refractivity contribution in [2.75, 3.05) is 42.2 Å². The number of nitro groups is 1. The molecule has 2 aromatic rings. The second-order valence-corrected chi connectivity index (χ2v) is 9.92. The van der Waals surface area contributed by atoms with Crippen molar-refractivity contribution in [2.24, 2.45) is 5.92 Å². The van der Waals surface area contributed by atoms with E-state index in [0.717, 1.165) is 57.4 Å². The molecule has 2 aromatic carbocycles. The van der Waals surface area contributed by atoms with Crippen molar-refractivity contribution in [3.8, 4) is 0 Å². The van der Waals surface area contributed by atoms with Gasteiger partial charge in [-0.15, -0.1) is 0 Å². The molecule has 0 aromatic heterocycles. The fourth-order valence-corrected chi connectivity index (χ4v) is 5.29. The smallest absolute Gasteiger partial charge is 0.288 e. The zero-order chi connectivity index (χ0) is 20.6. The van der Waals surface area contributed by atoms with Gasteiger partial charge in [0.15, 0.2) is 9.84 Å². The highest BCUT2D eigenvalue weighted by atomic mass is 32.2. The molecule has 1 fully saturated rings. The number of hydrogen-bond acceptors (Lipinski definition) is 6. The molecule has 2 aliphatic heterocycles. The number of nitro benzene ring substituents is 1. The summed E-state index contributed by atoms with van der Waals surface area (Å²) < 4.78 is 24.0. The van der Waals surface area contributed by atoms with Crippen molar-refractivity contribution in [3.05, 3.63) is 58.1 Å². The van der Waals surface area contributed by atoms with Gasteiger partial charge in [-0.3, -0.25) is 10.1 Å². The molecule has 0 aliphatic carbocycles. The summed E-state index contributed by atoms with van der Waals surface area (Å²) in [6.07, 6.45) is 4.15. The molecule has 0 radical (unpaired) electrons. The zero-order valence-corrected chi connectivity index (χ0v) is 17.3. The maximum Gasteiger partial charge on any atom is 0.288 e. The van der Waals surface area contributed by atoms with Crippen LogP contribution in [0.3, 0.4) is 0 Å². The van der Waals surface area contributed by atoms with E-state index in [2.05, 4.69) is 34.1 Å². The molecule has 2 heterocycles. The molecule has 0 unspecified atom stereocenters. The van der Waals surface area contributed by atoms with Crippen LogP contribution < -0.4 is 9.80 Å². The Kier molecular flexibility index (Phi) is 5.21. The lowest BCUT2D eigenvalue weighted by Crippen LogP contribution is -2.38. The average molecular weight is 416 g/mol. The third-order valence-electron chi connectivity index (χ3n) is 5.98. The van der Waals surface area contributed by atoms with E-state index in [0.29, 0.717) is 5.92 Å². The number of sulfone groups is 1. The molecule has 0 atom stereocenters. The van der Waals surface area contributed by atoms with Crippen LogP contribution in [0.1, 0.15) is 18.4 Å². The lowest BCUT2D eigenvalue weighted by molar-refractivity contribution is -0.387. The third kappa shape index (κ3) is 4.07. The van der Waals surface area contributed by atoms with Gasteiger partial charge in [0.05, 0.1) is 4.92 Å². The molecule has 0 N–H and O–H groups in total. The first-order valence-electron chi connectivity index (χ1n) is 9.89. The van der Waals surface area contributed by atoms with E-state index in [9.17, 15) is 18.5 Å². The van der Waals surface area contributed by atoms with Crippen LogP contribution in [0.25, 0.3) is 0 Å². The number of piperidine rings is 1. The predicted octanol–water partition coefficient (Wildman–Crippen LogP) is 3.28. The molecule has 29 heavy (non-hydrogen) atoms. The lowest BCUT2D eigenvalue weighted by atomic mass is 9.95. The molecule has 7 nitrogen and oxygen atoms in total. The Balaban J connectivity index is 1.43. The Morgan fingerprint density at radius 2 is 1.83 bits per heavy atom. The summed E-state index contributed by atoms with van der Waals surface area (Å²) in [6.45, 7) is 3.75. The van der Waals surface area contributed by atoms with Gasteiger partial charge in [0.2, 0.25) is 0 Å². The van der Waals surface area contributed by atoms with E-state index >= 15 is 0 Å². The molecule has 2 aliphatic rings. The highest BCUT2D eigenvalue weighted by Crippen LogP contribution is 2.33. The number of anilines is 2. The van der Waals surface area contributed by atoms with Crippen LogP contribution in [-0.2, 0) is 16.3 Å². The van der Waals surface area contributed by atoms with E-state index in [4.69, 9.17) is 0 Å². The van der Waals surface area contributed by atoms with Gasteiger partial charge in [-0.2, -0.15) is 0 Å². The summed E-state index contributed by atoms with van der Waals surface area (Å²) in [5.74, 6) is 0.588. The van der Waals surface area contributed by atoms with Crippen molar-refractivity contribution >= 4 is 26.9 Å². The Labute approximate surface area is 171 Å². The largest absolute Gasteiger partial charge is 0.371 e. The van der Waals surface area contributed by atoms with Gasteiger partial charge in [-0.05, 0) is 48.9 Å². The summed E-state index contributed by atoms with van der Waals surface area (Å²) in [5.41, 5.74) is 3.15. The zero-order valence-electron chi connectivity index (χ0n) is 16.5. The molecule has 8 heteroatoms. The van der Waals surface area contributed by atoms with Crippen LogP contribution in [0, 0.1) is 16.0 Å². The van der Waals surface area contributed by atoms with E-state index in [-0.39, 0.29) is 10.6 Å². The van der Waals surface area contributed by atoms with Crippen LogP contribution in [0.5, 0.6) is 0 Å². The van der Waals surface area contributed by atoms with Crippen molar-refractivity contribution in [1.82, 2.24) is 0 Å². The second-order valence-electron chi connectivity index (χ2n) is 7.94. The standard InChI is InChI=1S/C21H25N3O4S/c1-29(27,28)21-14-18(6-7-20(21)24(25)26)22-11-8-16(9-12-22)15-23-13-10-17-4-2-3-5-19(17)23/h2-7,14,16H,8-13,15H2,1H3. The van der Waals surface area contributed by atoms with Crippen LogP contribution in [0.2, 0.25) is 0 Å². The van der Waals surface area contributed by atoms with Crippen molar-refractivity contribution in [2.45, 2.75) is 24.2 Å². The number of para-hydroxylation sites is 1. The first-order chi connectivity index (χ1) is 13.8. The van der Waals surface area contributed by atoms with Gasteiger partial charge in [0.1, 0.15) is 4.90 Å². The van der Waals surface area contributed by atoms with Crippen molar-refractivity contribution in [1.29, 1.82) is 0 Å². The molecule has 154 valence electrons. The number of benzene rings is 2. The Morgan fingerprint density at radius 1 is 1.10 bits per heavy atom. The number of rotatable bonds is 5. The van der Waals surface area contributed by atoms with Crippen LogP contribution in [0.15, 0.2) is 47.4 Å². The highest BCUT2D eigenvalue weighted by Gasteiger charge is 2.27. The van der Waals surface area contributed by atoms with E-state index in [1.54, 1.807) is 6.07 Å². The molecule has 0 saturated carbocycles. The van der Waals surface area contributed by atoms with E-state index in [1.165, 1.54) is 23.4 Å². The van der Waals surface area contributed by atoms with Gasteiger partial charge in [0.25, 0.3) is 5.69 Å². The molecular weight excluding hydrogens is 390 g/mol. The number of hydrogen-bond donors (Lipinski definition) is 0. The van der Waals surface area contributed by atoms with Crippen LogP contribution in [0.4, 0.5) is 17.1 Å². The minimum atomic E-state index is -3.67. The average Bonchev–Trinajstić information content (AvgIpc) is 3.10. The summed E-state index contributed by atoms with van der Waals surface area (Å²) in [7, 11) is -3.67. The fraction of sp³-hybridized carbons (Fsp3) is 0.429. The second kappa shape index (κ2) is 7.67. The van der Waals surface area contributed by atoms with Gasteiger partial charge in [0, 0.05) is 49.9 Å². The van der Waals surface area contributed by atoms with E-state index in [1.807, 2.05) is 0 Å². The van der Waals surface area contributed by atoms with Gasteiger partial charge in [-0.25, -0.2) is 8.42 Å². The van der Waals surface area contributed by atoms with Crippen LogP contribution >= 0.6 is 0 Å². The Hall–Kier alpha value is -2.61. The van der Waals surface area contributed by atoms with Crippen LogP contribution in [-0.4, -0.2) is 45.8 Å².